The zero-order valence-electron chi connectivity index (χ0n) is 8.70. The van der Waals surface area contributed by atoms with Gasteiger partial charge in [0, 0.05) is 25.2 Å². The van der Waals surface area contributed by atoms with Gasteiger partial charge in [-0.3, -0.25) is 4.68 Å². The van der Waals surface area contributed by atoms with Gasteiger partial charge in [-0.05, 0) is 25.3 Å². The van der Waals surface area contributed by atoms with Gasteiger partial charge in [-0.15, -0.1) is 0 Å². The zero-order chi connectivity index (χ0) is 10.3. The Morgan fingerprint density at radius 1 is 1.71 bits per heavy atom. The SMILES string of the molecule is Cc1cn(C)nc1C1(CN)CC(O)C1. The van der Waals surface area contributed by atoms with Gasteiger partial charge < -0.3 is 10.8 Å². The molecule has 1 aromatic rings. The predicted octanol–water partition coefficient (Wildman–Crippen LogP) is 0.0797. The third-order valence-electron chi connectivity index (χ3n) is 3.16. The van der Waals surface area contributed by atoms with E-state index in [0.717, 1.165) is 18.5 Å². The molecule has 1 fully saturated rings. The second-order valence-corrected chi connectivity index (χ2v) is 4.38. The lowest BCUT2D eigenvalue weighted by Gasteiger charge is -2.43. The quantitative estimate of drug-likeness (QED) is 0.702. The van der Waals surface area contributed by atoms with Crippen molar-refractivity contribution in [2.45, 2.75) is 31.3 Å². The molecule has 1 aliphatic rings. The lowest BCUT2D eigenvalue weighted by atomic mass is 9.64. The van der Waals surface area contributed by atoms with Gasteiger partial charge >= 0.3 is 0 Å². The summed E-state index contributed by atoms with van der Waals surface area (Å²) in [7, 11) is 1.91. The van der Waals surface area contributed by atoms with E-state index < -0.39 is 0 Å². The summed E-state index contributed by atoms with van der Waals surface area (Å²) in [6.07, 6.45) is 3.31. The van der Waals surface area contributed by atoms with Gasteiger partial charge in [0.05, 0.1) is 11.8 Å². The average Bonchev–Trinajstić information content (AvgIpc) is 2.40. The van der Waals surface area contributed by atoms with Crippen molar-refractivity contribution in [1.82, 2.24) is 9.78 Å². The minimum Gasteiger partial charge on any atom is -0.393 e. The van der Waals surface area contributed by atoms with Crippen LogP contribution in [0.2, 0.25) is 0 Å². The van der Waals surface area contributed by atoms with Gasteiger partial charge in [-0.2, -0.15) is 5.10 Å². The van der Waals surface area contributed by atoms with Crippen LogP contribution in [0.3, 0.4) is 0 Å². The molecule has 0 radical (unpaired) electrons. The first kappa shape index (κ1) is 9.68. The second-order valence-electron chi connectivity index (χ2n) is 4.38. The summed E-state index contributed by atoms with van der Waals surface area (Å²) < 4.78 is 1.81. The molecule has 0 saturated heterocycles. The summed E-state index contributed by atoms with van der Waals surface area (Å²) in [6.45, 7) is 2.62. The molecule has 0 unspecified atom stereocenters. The van der Waals surface area contributed by atoms with Crippen molar-refractivity contribution in [3.63, 3.8) is 0 Å². The lowest BCUT2D eigenvalue weighted by molar-refractivity contribution is 0.0195. The van der Waals surface area contributed by atoms with Crippen molar-refractivity contribution >= 4 is 0 Å². The molecule has 1 aliphatic carbocycles. The maximum Gasteiger partial charge on any atom is 0.0729 e. The van der Waals surface area contributed by atoms with Crippen molar-refractivity contribution < 1.29 is 5.11 Å². The number of rotatable bonds is 2. The second kappa shape index (κ2) is 3.07. The highest BCUT2D eigenvalue weighted by Gasteiger charge is 2.46. The minimum atomic E-state index is -0.194. The third-order valence-corrected chi connectivity index (χ3v) is 3.16. The van der Waals surface area contributed by atoms with Crippen LogP contribution in [0.1, 0.15) is 24.1 Å². The Bertz CT molecular complexity index is 339. The summed E-state index contributed by atoms with van der Waals surface area (Å²) in [4.78, 5) is 0. The molecule has 2 rings (SSSR count). The minimum absolute atomic E-state index is 0.0647. The van der Waals surface area contributed by atoms with Crippen LogP contribution in [0, 0.1) is 6.92 Å². The number of aliphatic hydroxyl groups excluding tert-OH is 1. The first-order chi connectivity index (χ1) is 6.57. The number of hydrogen-bond donors (Lipinski definition) is 2. The molecule has 3 N–H and O–H groups in total. The number of aliphatic hydroxyl groups is 1. The van der Waals surface area contributed by atoms with Gasteiger partial charge in [-0.1, -0.05) is 0 Å². The van der Waals surface area contributed by atoms with Crippen LogP contribution < -0.4 is 5.73 Å². The van der Waals surface area contributed by atoms with Gasteiger partial charge in [-0.25, -0.2) is 0 Å². The van der Waals surface area contributed by atoms with E-state index in [1.165, 1.54) is 5.56 Å². The fraction of sp³-hybridized carbons (Fsp3) is 0.700. The van der Waals surface area contributed by atoms with E-state index in [1.807, 2.05) is 24.9 Å². The van der Waals surface area contributed by atoms with Crippen LogP contribution in [0.4, 0.5) is 0 Å². The van der Waals surface area contributed by atoms with Crippen LogP contribution in [0.25, 0.3) is 0 Å². The Balaban J connectivity index is 2.33. The molecule has 1 heterocycles. The molecule has 4 heteroatoms. The highest BCUT2D eigenvalue weighted by Crippen LogP contribution is 2.43. The van der Waals surface area contributed by atoms with Crippen molar-refractivity contribution in [2.24, 2.45) is 12.8 Å². The van der Waals surface area contributed by atoms with Crippen molar-refractivity contribution in [2.75, 3.05) is 6.54 Å². The van der Waals surface area contributed by atoms with Gasteiger partial charge in [0.2, 0.25) is 0 Å². The third kappa shape index (κ3) is 1.26. The summed E-state index contributed by atoms with van der Waals surface area (Å²) in [5, 5.41) is 13.8. The Morgan fingerprint density at radius 3 is 2.71 bits per heavy atom. The molecule has 4 nitrogen and oxygen atoms in total. The summed E-state index contributed by atoms with van der Waals surface area (Å²) >= 11 is 0. The fourth-order valence-electron chi connectivity index (χ4n) is 2.43. The summed E-state index contributed by atoms with van der Waals surface area (Å²) in [6, 6.07) is 0. The molecule has 0 bridgehead atoms. The smallest absolute Gasteiger partial charge is 0.0729 e. The molecular weight excluding hydrogens is 178 g/mol. The zero-order valence-corrected chi connectivity index (χ0v) is 8.70. The van der Waals surface area contributed by atoms with Crippen LogP contribution in [0.15, 0.2) is 6.20 Å². The standard InChI is InChI=1S/C10H17N3O/c1-7-5-13(2)12-9(7)10(6-11)3-8(14)4-10/h5,8,14H,3-4,6,11H2,1-2H3. The van der Waals surface area contributed by atoms with E-state index in [-0.39, 0.29) is 11.5 Å². The molecular formula is C10H17N3O. The van der Waals surface area contributed by atoms with E-state index in [1.54, 1.807) is 0 Å². The Hall–Kier alpha value is -0.870. The van der Waals surface area contributed by atoms with Crippen LogP contribution in [-0.2, 0) is 12.5 Å². The van der Waals surface area contributed by atoms with Crippen LogP contribution in [-0.4, -0.2) is 27.5 Å². The van der Waals surface area contributed by atoms with Gasteiger partial charge in [0.15, 0.2) is 0 Å². The topological polar surface area (TPSA) is 64.1 Å². The van der Waals surface area contributed by atoms with E-state index >= 15 is 0 Å². The van der Waals surface area contributed by atoms with E-state index in [9.17, 15) is 5.11 Å². The Labute approximate surface area is 83.7 Å². The van der Waals surface area contributed by atoms with E-state index in [0.29, 0.717) is 6.54 Å². The van der Waals surface area contributed by atoms with E-state index in [4.69, 9.17) is 5.73 Å². The molecule has 0 spiro atoms. The maximum absolute atomic E-state index is 9.38. The lowest BCUT2D eigenvalue weighted by Crippen LogP contribution is -2.50. The monoisotopic (exact) mass is 195 g/mol. The molecule has 0 aromatic carbocycles. The first-order valence-corrected chi connectivity index (χ1v) is 4.96. The number of aryl methyl sites for hydroxylation is 2. The van der Waals surface area contributed by atoms with Gasteiger partial charge in [0.25, 0.3) is 0 Å². The summed E-state index contributed by atoms with van der Waals surface area (Å²) in [5.41, 5.74) is 7.95. The largest absolute Gasteiger partial charge is 0.393 e. The van der Waals surface area contributed by atoms with Crippen molar-refractivity contribution in [1.29, 1.82) is 0 Å². The normalized spacial score (nSPS) is 31.6. The predicted molar refractivity (Wildman–Crippen MR) is 53.9 cm³/mol. The van der Waals surface area contributed by atoms with Crippen LogP contribution in [0.5, 0.6) is 0 Å². The molecule has 0 aliphatic heterocycles. The highest BCUT2D eigenvalue weighted by atomic mass is 16.3. The number of nitrogens with two attached hydrogens (primary N) is 1. The van der Waals surface area contributed by atoms with E-state index in [2.05, 4.69) is 5.10 Å². The first-order valence-electron chi connectivity index (χ1n) is 4.96. The number of nitrogens with zero attached hydrogens (tertiary/aromatic N) is 2. The average molecular weight is 195 g/mol. The molecule has 78 valence electrons. The Morgan fingerprint density at radius 2 is 2.36 bits per heavy atom. The molecule has 14 heavy (non-hydrogen) atoms. The highest BCUT2D eigenvalue weighted by molar-refractivity contribution is 5.29. The maximum atomic E-state index is 9.38. The number of aromatic nitrogens is 2. The molecule has 1 saturated carbocycles. The van der Waals surface area contributed by atoms with Gasteiger partial charge in [0.1, 0.15) is 0 Å². The van der Waals surface area contributed by atoms with Crippen LogP contribution >= 0.6 is 0 Å². The fourth-order valence-corrected chi connectivity index (χ4v) is 2.43. The summed E-state index contributed by atoms with van der Waals surface area (Å²) in [5.74, 6) is 0. The molecule has 0 atom stereocenters. The number of hydrogen-bond acceptors (Lipinski definition) is 3. The Kier molecular flexibility index (Phi) is 2.12. The van der Waals surface area contributed by atoms with Crippen molar-refractivity contribution in [3.05, 3.63) is 17.5 Å². The van der Waals surface area contributed by atoms with Crippen molar-refractivity contribution in [3.8, 4) is 0 Å². The molecule has 0 amide bonds. The molecule has 1 aromatic heterocycles.